The highest BCUT2D eigenvalue weighted by atomic mass is 16.2. The summed E-state index contributed by atoms with van der Waals surface area (Å²) in [6, 6.07) is 25.2. The first-order chi connectivity index (χ1) is 14.7. The van der Waals surface area contributed by atoms with Gasteiger partial charge in [-0.2, -0.15) is 0 Å². The maximum absolute atomic E-state index is 12.8. The molecular formula is C25H28N4O. The van der Waals surface area contributed by atoms with Crippen molar-refractivity contribution in [3.05, 3.63) is 72.8 Å². The van der Waals surface area contributed by atoms with Crippen molar-refractivity contribution in [2.45, 2.75) is 19.0 Å². The van der Waals surface area contributed by atoms with Crippen LogP contribution < -0.4 is 15.1 Å². The Morgan fingerprint density at radius 2 is 1.57 bits per heavy atom. The van der Waals surface area contributed by atoms with Crippen LogP contribution in [0.4, 0.5) is 16.2 Å². The summed E-state index contributed by atoms with van der Waals surface area (Å²) in [5.74, 6) is 0. The first-order valence-corrected chi connectivity index (χ1v) is 10.8. The number of amides is 2. The van der Waals surface area contributed by atoms with E-state index in [0.29, 0.717) is 6.54 Å². The van der Waals surface area contributed by atoms with Crippen LogP contribution in [0, 0.1) is 0 Å². The molecule has 2 aliphatic rings. The number of fused-ring (bicyclic) bond motifs is 1. The van der Waals surface area contributed by atoms with Crippen molar-refractivity contribution >= 4 is 28.2 Å². The minimum absolute atomic E-state index is 0.000432. The Labute approximate surface area is 177 Å². The number of nitrogens with one attached hydrogen (secondary N) is 1. The minimum Gasteiger partial charge on any atom is -0.368 e. The second kappa shape index (κ2) is 7.65. The Morgan fingerprint density at radius 3 is 2.33 bits per heavy atom. The van der Waals surface area contributed by atoms with Crippen LogP contribution in [0.5, 0.6) is 0 Å². The van der Waals surface area contributed by atoms with E-state index >= 15 is 0 Å². The van der Waals surface area contributed by atoms with E-state index in [2.05, 4.69) is 64.5 Å². The van der Waals surface area contributed by atoms with Crippen molar-refractivity contribution in [3.63, 3.8) is 0 Å². The highest BCUT2D eigenvalue weighted by Gasteiger charge is 2.49. The van der Waals surface area contributed by atoms with Crippen molar-refractivity contribution in [2.75, 3.05) is 42.5 Å². The van der Waals surface area contributed by atoms with E-state index < -0.39 is 0 Å². The lowest BCUT2D eigenvalue weighted by Gasteiger charge is -2.49. The monoisotopic (exact) mass is 400 g/mol. The van der Waals surface area contributed by atoms with Gasteiger partial charge < -0.3 is 10.2 Å². The van der Waals surface area contributed by atoms with Gasteiger partial charge >= 0.3 is 6.03 Å². The quantitative estimate of drug-likeness (QED) is 0.710. The lowest BCUT2D eigenvalue weighted by molar-refractivity contribution is 0.0955. The number of urea groups is 1. The number of anilines is 2. The van der Waals surface area contributed by atoms with Crippen LogP contribution in [0.3, 0.4) is 0 Å². The molecule has 2 heterocycles. The molecule has 2 saturated heterocycles. The van der Waals surface area contributed by atoms with Gasteiger partial charge in [0, 0.05) is 42.9 Å². The van der Waals surface area contributed by atoms with Crippen LogP contribution in [0.1, 0.15) is 13.3 Å². The Kier molecular flexibility index (Phi) is 4.83. The molecule has 0 aliphatic carbocycles. The third-order valence-corrected chi connectivity index (χ3v) is 6.70. The number of carbonyl (C=O) groups is 1. The number of piperazine rings is 1. The average Bonchev–Trinajstić information content (AvgIpc) is 3.16. The van der Waals surface area contributed by atoms with Gasteiger partial charge in [0.15, 0.2) is 0 Å². The van der Waals surface area contributed by atoms with Crippen LogP contribution in [0.2, 0.25) is 0 Å². The highest BCUT2D eigenvalue weighted by Crippen LogP contribution is 2.35. The normalized spacial score (nSPS) is 22.5. The molecule has 1 unspecified atom stereocenters. The Balaban J connectivity index is 1.40. The van der Waals surface area contributed by atoms with Crippen LogP contribution in [-0.2, 0) is 0 Å². The summed E-state index contributed by atoms with van der Waals surface area (Å²) in [6.45, 7) is 6.60. The number of carbonyl (C=O) groups excluding carboxylic acids is 1. The molecule has 3 aromatic rings. The predicted molar refractivity (Wildman–Crippen MR) is 123 cm³/mol. The van der Waals surface area contributed by atoms with Gasteiger partial charge in [-0.25, -0.2) is 4.79 Å². The number of hydrogen-bond acceptors (Lipinski definition) is 3. The second-order valence-corrected chi connectivity index (χ2v) is 8.14. The molecule has 0 radical (unpaired) electrons. The van der Waals surface area contributed by atoms with Gasteiger partial charge in [-0.1, -0.05) is 61.5 Å². The number of benzene rings is 3. The summed E-state index contributed by atoms with van der Waals surface area (Å²) < 4.78 is 0. The van der Waals surface area contributed by atoms with E-state index in [4.69, 9.17) is 0 Å². The summed E-state index contributed by atoms with van der Waals surface area (Å²) >= 11 is 0. The Morgan fingerprint density at radius 1 is 0.867 bits per heavy atom. The van der Waals surface area contributed by atoms with Crippen molar-refractivity contribution in [3.8, 4) is 0 Å². The van der Waals surface area contributed by atoms with Crippen LogP contribution in [0.15, 0.2) is 72.8 Å². The maximum atomic E-state index is 12.8. The minimum atomic E-state index is -0.316. The van der Waals surface area contributed by atoms with Gasteiger partial charge in [0.25, 0.3) is 0 Å². The van der Waals surface area contributed by atoms with Crippen molar-refractivity contribution in [2.24, 2.45) is 0 Å². The fraction of sp³-hybridized carbons (Fsp3) is 0.320. The molecule has 3 aromatic carbocycles. The maximum Gasteiger partial charge on any atom is 0.323 e. The van der Waals surface area contributed by atoms with E-state index in [0.717, 1.165) is 38.3 Å². The topological polar surface area (TPSA) is 38.8 Å². The molecule has 5 rings (SSSR count). The molecule has 2 amide bonds. The summed E-state index contributed by atoms with van der Waals surface area (Å²) in [4.78, 5) is 19.8. The molecule has 0 aromatic heterocycles. The van der Waals surface area contributed by atoms with Crippen molar-refractivity contribution < 1.29 is 4.79 Å². The standard InChI is InChI=1S/C25H28N4O/c1-2-25(19-26-24(30)29(25)21-11-4-3-5-12-21)28-17-15-27(16-18-28)23-14-8-10-20-9-6-7-13-22(20)23/h3-14H,2,15-19H2,1H3,(H,26,30). The van der Waals surface area contributed by atoms with Gasteiger partial charge in [0.1, 0.15) is 5.66 Å². The molecule has 0 bridgehead atoms. The smallest absolute Gasteiger partial charge is 0.323 e. The van der Waals surface area contributed by atoms with E-state index in [1.54, 1.807) is 0 Å². The summed E-state index contributed by atoms with van der Waals surface area (Å²) in [5.41, 5.74) is 1.95. The van der Waals surface area contributed by atoms with Gasteiger partial charge in [-0.3, -0.25) is 9.80 Å². The fourth-order valence-electron chi connectivity index (χ4n) is 5.11. The van der Waals surface area contributed by atoms with E-state index in [-0.39, 0.29) is 11.7 Å². The zero-order valence-corrected chi connectivity index (χ0v) is 17.4. The summed E-state index contributed by atoms with van der Waals surface area (Å²) in [5, 5.41) is 5.69. The van der Waals surface area contributed by atoms with Gasteiger partial charge in [0.05, 0.1) is 6.54 Å². The molecule has 1 N–H and O–H groups in total. The third kappa shape index (κ3) is 3.01. The SMILES string of the molecule is CCC1(N2CCN(c3cccc4ccccc34)CC2)CNC(=O)N1c1ccccc1. The third-order valence-electron chi connectivity index (χ3n) is 6.70. The Bertz CT molecular complexity index is 1040. The second-order valence-electron chi connectivity index (χ2n) is 8.14. The van der Waals surface area contributed by atoms with Crippen molar-refractivity contribution in [1.29, 1.82) is 0 Å². The number of rotatable bonds is 4. The molecule has 30 heavy (non-hydrogen) atoms. The zero-order valence-electron chi connectivity index (χ0n) is 17.4. The van der Waals surface area contributed by atoms with Crippen LogP contribution >= 0.6 is 0 Å². The zero-order chi connectivity index (χ0) is 20.6. The van der Waals surface area contributed by atoms with Crippen LogP contribution in [-0.4, -0.2) is 49.3 Å². The van der Waals surface area contributed by atoms with E-state index in [1.165, 1.54) is 16.5 Å². The number of para-hydroxylation sites is 1. The molecule has 5 nitrogen and oxygen atoms in total. The highest BCUT2D eigenvalue weighted by molar-refractivity contribution is 5.96. The van der Waals surface area contributed by atoms with Gasteiger partial charge in [-0.15, -0.1) is 0 Å². The molecule has 154 valence electrons. The summed E-state index contributed by atoms with van der Waals surface area (Å²) in [6.07, 6.45) is 0.884. The molecule has 5 heteroatoms. The lowest BCUT2D eigenvalue weighted by atomic mass is 10.0. The fourth-order valence-corrected chi connectivity index (χ4v) is 5.11. The molecule has 0 spiro atoms. The first kappa shape index (κ1) is 18.9. The van der Waals surface area contributed by atoms with E-state index in [1.807, 2.05) is 35.2 Å². The average molecular weight is 401 g/mol. The number of nitrogens with zero attached hydrogens (tertiary/aromatic N) is 3. The largest absolute Gasteiger partial charge is 0.368 e. The van der Waals surface area contributed by atoms with Crippen LogP contribution in [0.25, 0.3) is 10.8 Å². The van der Waals surface area contributed by atoms with Gasteiger partial charge in [0.2, 0.25) is 0 Å². The molecule has 2 fully saturated rings. The Hall–Kier alpha value is -3.05. The predicted octanol–water partition coefficient (Wildman–Crippen LogP) is 4.30. The molecular weight excluding hydrogens is 372 g/mol. The van der Waals surface area contributed by atoms with Gasteiger partial charge in [-0.05, 0) is 30.0 Å². The van der Waals surface area contributed by atoms with Crippen molar-refractivity contribution in [1.82, 2.24) is 10.2 Å². The lowest BCUT2D eigenvalue weighted by Crippen LogP contribution is -2.64. The molecule has 2 aliphatic heterocycles. The molecule has 0 saturated carbocycles. The molecule has 1 atom stereocenters. The van der Waals surface area contributed by atoms with E-state index in [9.17, 15) is 4.79 Å². The first-order valence-electron chi connectivity index (χ1n) is 10.8. The number of hydrogen-bond donors (Lipinski definition) is 1. The summed E-state index contributed by atoms with van der Waals surface area (Å²) in [7, 11) is 0.